The van der Waals surface area contributed by atoms with Gasteiger partial charge >= 0.3 is 0 Å². The first-order chi connectivity index (χ1) is 10.2. The number of phenols is 1. The van der Waals surface area contributed by atoms with E-state index in [0.29, 0.717) is 25.3 Å². The van der Waals surface area contributed by atoms with Crippen LogP contribution in [0.1, 0.15) is 24.1 Å². The highest BCUT2D eigenvalue weighted by molar-refractivity contribution is 6.32. The molecule has 1 aromatic heterocycles. The third-order valence-electron chi connectivity index (χ3n) is 3.26. The molecule has 2 aromatic rings. The largest absolute Gasteiger partial charge is 0.503 e. The summed E-state index contributed by atoms with van der Waals surface area (Å²) in [5, 5.41) is 10.2. The van der Waals surface area contributed by atoms with E-state index < -0.39 is 0 Å². The van der Waals surface area contributed by atoms with Gasteiger partial charge in [-0.05, 0) is 43.2 Å². The summed E-state index contributed by atoms with van der Waals surface area (Å²) in [5.74, 6) is 0.475. The van der Waals surface area contributed by atoms with Crippen LogP contribution >= 0.6 is 11.6 Å². The highest BCUT2D eigenvalue weighted by Gasteiger charge is 2.15. The smallest absolute Gasteiger partial charge is 0.176 e. The lowest BCUT2D eigenvalue weighted by Crippen LogP contribution is -2.16. The maximum atomic E-state index is 9.87. The first-order valence-electron chi connectivity index (χ1n) is 6.90. The fourth-order valence-corrected chi connectivity index (χ4v) is 2.45. The van der Waals surface area contributed by atoms with Crippen LogP contribution in [0.3, 0.4) is 0 Å². The average molecular weight is 307 g/mol. The van der Waals surface area contributed by atoms with Crippen LogP contribution < -0.4 is 10.5 Å². The molecule has 3 N–H and O–H groups in total. The minimum absolute atomic E-state index is 0.0237. The standard InChI is InChI=1S/C16H19ClN2O2/c1-2-21-15-9-11(8-13(17)16(15)20)7-12(10-18)14-5-3-4-6-19-14/h3-6,8-9,12,20H,2,7,10,18H2,1H3. The van der Waals surface area contributed by atoms with Crippen molar-refractivity contribution in [2.75, 3.05) is 13.2 Å². The molecule has 0 aliphatic rings. The van der Waals surface area contributed by atoms with Crippen molar-refractivity contribution in [3.8, 4) is 11.5 Å². The van der Waals surface area contributed by atoms with E-state index in [2.05, 4.69) is 4.98 Å². The van der Waals surface area contributed by atoms with E-state index >= 15 is 0 Å². The van der Waals surface area contributed by atoms with Crippen molar-refractivity contribution in [3.63, 3.8) is 0 Å². The average Bonchev–Trinajstić information content (AvgIpc) is 2.50. The number of rotatable bonds is 6. The Kier molecular flexibility index (Phi) is 5.42. The van der Waals surface area contributed by atoms with Gasteiger partial charge in [0.25, 0.3) is 0 Å². The molecular formula is C16H19ClN2O2. The highest BCUT2D eigenvalue weighted by Crippen LogP contribution is 2.36. The first kappa shape index (κ1) is 15.6. The number of nitrogens with two attached hydrogens (primary N) is 1. The molecule has 0 saturated heterocycles. The maximum Gasteiger partial charge on any atom is 0.176 e. The molecule has 0 fully saturated rings. The Balaban J connectivity index is 2.25. The number of hydrogen-bond donors (Lipinski definition) is 2. The van der Waals surface area contributed by atoms with Crippen molar-refractivity contribution in [3.05, 3.63) is 52.8 Å². The number of aromatic hydroxyl groups is 1. The number of phenolic OH excluding ortho intramolecular Hbond substituents is 1. The van der Waals surface area contributed by atoms with Gasteiger partial charge in [0.1, 0.15) is 0 Å². The lowest BCUT2D eigenvalue weighted by Gasteiger charge is -2.16. The fraction of sp³-hybridized carbons (Fsp3) is 0.312. The van der Waals surface area contributed by atoms with Crippen molar-refractivity contribution in [2.24, 2.45) is 5.73 Å². The molecule has 112 valence electrons. The van der Waals surface area contributed by atoms with E-state index in [1.54, 1.807) is 18.3 Å². The summed E-state index contributed by atoms with van der Waals surface area (Å²) in [7, 11) is 0. The molecular weight excluding hydrogens is 288 g/mol. The van der Waals surface area contributed by atoms with Crippen molar-refractivity contribution in [1.82, 2.24) is 4.98 Å². The summed E-state index contributed by atoms with van der Waals surface area (Å²) in [6, 6.07) is 9.33. The predicted octanol–water partition coefficient (Wildman–Crippen LogP) is 3.12. The lowest BCUT2D eigenvalue weighted by molar-refractivity contribution is 0.318. The Bertz CT molecular complexity index is 590. The van der Waals surface area contributed by atoms with E-state index in [9.17, 15) is 5.11 Å². The minimum atomic E-state index is -0.0237. The molecule has 4 nitrogen and oxygen atoms in total. The van der Waals surface area contributed by atoms with Crippen molar-refractivity contribution >= 4 is 11.6 Å². The highest BCUT2D eigenvalue weighted by atomic mass is 35.5. The molecule has 2 rings (SSSR count). The second kappa shape index (κ2) is 7.29. The number of halogens is 1. The molecule has 0 saturated carbocycles. The normalized spacial score (nSPS) is 12.1. The molecule has 1 aromatic carbocycles. The molecule has 0 amide bonds. The molecule has 0 radical (unpaired) electrons. The van der Waals surface area contributed by atoms with Crippen LogP contribution in [0.4, 0.5) is 0 Å². The zero-order valence-corrected chi connectivity index (χ0v) is 12.7. The molecule has 0 aliphatic heterocycles. The van der Waals surface area contributed by atoms with Gasteiger partial charge in [-0.1, -0.05) is 17.7 Å². The van der Waals surface area contributed by atoms with Gasteiger partial charge in [-0.25, -0.2) is 0 Å². The summed E-state index contributed by atoms with van der Waals surface area (Å²) in [6.07, 6.45) is 2.45. The first-order valence-corrected chi connectivity index (χ1v) is 7.28. The third kappa shape index (κ3) is 3.86. The van der Waals surface area contributed by atoms with E-state index in [-0.39, 0.29) is 16.7 Å². The van der Waals surface area contributed by atoms with Crippen LogP contribution in [0.2, 0.25) is 5.02 Å². The van der Waals surface area contributed by atoms with E-state index in [0.717, 1.165) is 11.3 Å². The van der Waals surface area contributed by atoms with Gasteiger partial charge in [-0.3, -0.25) is 4.98 Å². The predicted molar refractivity (Wildman–Crippen MR) is 84.0 cm³/mol. The summed E-state index contributed by atoms with van der Waals surface area (Å²) in [6.45, 7) is 2.81. The Morgan fingerprint density at radius 1 is 1.38 bits per heavy atom. The topological polar surface area (TPSA) is 68.4 Å². The summed E-state index contributed by atoms with van der Waals surface area (Å²) >= 11 is 6.05. The number of ether oxygens (including phenoxy) is 1. The Morgan fingerprint density at radius 2 is 2.19 bits per heavy atom. The van der Waals surface area contributed by atoms with Crippen molar-refractivity contribution in [2.45, 2.75) is 19.3 Å². The molecule has 1 unspecified atom stereocenters. The lowest BCUT2D eigenvalue weighted by atomic mass is 9.95. The summed E-state index contributed by atoms with van der Waals surface area (Å²) in [4.78, 5) is 4.35. The van der Waals surface area contributed by atoms with Crippen LogP contribution in [-0.2, 0) is 6.42 Å². The minimum Gasteiger partial charge on any atom is -0.503 e. The Labute approximate surface area is 129 Å². The van der Waals surface area contributed by atoms with Crippen LogP contribution in [0.5, 0.6) is 11.5 Å². The van der Waals surface area contributed by atoms with Crippen molar-refractivity contribution in [1.29, 1.82) is 0 Å². The molecule has 5 heteroatoms. The monoisotopic (exact) mass is 306 g/mol. The van der Waals surface area contributed by atoms with Gasteiger partial charge < -0.3 is 15.6 Å². The van der Waals surface area contributed by atoms with Gasteiger partial charge in [-0.15, -0.1) is 0 Å². The SMILES string of the molecule is CCOc1cc(CC(CN)c2ccccn2)cc(Cl)c1O. The van der Waals surface area contributed by atoms with E-state index in [4.69, 9.17) is 22.1 Å². The van der Waals surface area contributed by atoms with Crippen LogP contribution in [-0.4, -0.2) is 23.2 Å². The van der Waals surface area contributed by atoms with Crippen LogP contribution in [0.15, 0.2) is 36.5 Å². The Morgan fingerprint density at radius 3 is 2.81 bits per heavy atom. The zero-order valence-electron chi connectivity index (χ0n) is 11.9. The molecule has 0 aliphatic carbocycles. The number of hydrogen-bond acceptors (Lipinski definition) is 4. The van der Waals surface area contributed by atoms with Crippen LogP contribution in [0, 0.1) is 0 Å². The van der Waals surface area contributed by atoms with Crippen LogP contribution in [0.25, 0.3) is 0 Å². The quantitative estimate of drug-likeness (QED) is 0.860. The molecule has 0 spiro atoms. The van der Waals surface area contributed by atoms with Crippen molar-refractivity contribution < 1.29 is 9.84 Å². The second-order valence-electron chi connectivity index (χ2n) is 4.75. The number of nitrogens with zero attached hydrogens (tertiary/aromatic N) is 1. The number of aromatic nitrogens is 1. The van der Waals surface area contributed by atoms with E-state index in [1.807, 2.05) is 25.1 Å². The third-order valence-corrected chi connectivity index (χ3v) is 3.55. The molecule has 21 heavy (non-hydrogen) atoms. The van der Waals surface area contributed by atoms with Gasteiger partial charge in [-0.2, -0.15) is 0 Å². The van der Waals surface area contributed by atoms with Gasteiger partial charge in [0.2, 0.25) is 0 Å². The van der Waals surface area contributed by atoms with E-state index in [1.165, 1.54) is 0 Å². The molecule has 0 bridgehead atoms. The number of benzene rings is 1. The summed E-state index contributed by atoms with van der Waals surface area (Å²) in [5.41, 5.74) is 7.77. The summed E-state index contributed by atoms with van der Waals surface area (Å²) < 4.78 is 5.40. The number of pyridine rings is 1. The van der Waals surface area contributed by atoms with Gasteiger partial charge in [0.15, 0.2) is 11.5 Å². The van der Waals surface area contributed by atoms with Gasteiger partial charge in [0.05, 0.1) is 11.6 Å². The molecule has 1 atom stereocenters. The maximum absolute atomic E-state index is 9.87. The zero-order chi connectivity index (χ0) is 15.2. The fourth-order valence-electron chi connectivity index (χ4n) is 2.22. The second-order valence-corrected chi connectivity index (χ2v) is 5.16. The van der Waals surface area contributed by atoms with Gasteiger partial charge in [0, 0.05) is 24.4 Å². The molecule has 1 heterocycles. The Hall–Kier alpha value is -1.78.